The molecule has 162 valence electrons. The molecule has 2 N–H and O–H groups in total. The molecule has 3 amide bonds. The number of hydrogen-bond donors (Lipinski definition) is 2. The first-order valence-corrected chi connectivity index (χ1v) is 10.6. The SMILES string of the molecule is Cc1ccc(C(=O)N2c3ccccc3NC(=O)[C@@H]2CC(=O)Nc2ccc(Cl)c(Cl)c2)cc1. The van der Waals surface area contributed by atoms with Crippen molar-refractivity contribution in [1.29, 1.82) is 0 Å². The second-order valence-electron chi connectivity index (χ2n) is 7.44. The van der Waals surface area contributed by atoms with E-state index < -0.39 is 17.9 Å². The summed E-state index contributed by atoms with van der Waals surface area (Å²) in [4.78, 5) is 40.5. The third-order valence-electron chi connectivity index (χ3n) is 5.14. The quantitative estimate of drug-likeness (QED) is 0.546. The summed E-state index contributed by atoms with van der Waals surface area (Å²) in [5, 5.41) is 6.16. The number of hydrogen-bond acceptors (Lipinski definition) is 3. The number of rotatable bonds is 4. The predicted molar refractivity (Wildman–Crippen MR) is 127 cm³/mol. The van der Waals surface area contributed by atoms with Gasteiger partial charge in [0.2, 0.25) is 11.8 Å². The van der Waals surface area contributed by atoms with Gasteiger partial charge in [-0.15, -0.1) is 0 Å². The van der Waals surface area contributed by atoms with E-state index in [0.29, 0.717) is 32.7 Å². The Morgan fingerprint density at radius 3 is 2.44 bits per heavy atom. The molecule has 1 aliphatic rings. The summed E-state index contributed by atoms with van der Waals surface area (Å²) in [6.07, 6.45) is -0.238. The number of para-hydroxylation sites is 2. The molecule has 0 aromatic heterocycles. The summed E-state index contributed by atoms with van der Waals surface area (Å²) in [5.74, 6) is -1.24. The lowest BCUT2D eigenvalue weighted by atomic mass is 10.0. The lowest BCUT2D eigenvalue weighted by Crippen LogP contribution is -2.52. The summed E-state index contributed by atoms with van der Waals surface area (Å²) in [5.41, 5.74) is 2.92. The van der Waals surface area contributed by atoms with Crippen LogP contribution in [0.5, 0.6) is 0 Å². The Kier molecular flexibility index (Phi) is 6.17. The molecule has 3 aromatic carbocycles. The van der Waals surface area contributed by atoms with Crippen LogP contribution in [0.15, 0.2) is 66.7 Å². The van der Waals surface area contributed by atoms with Gasteiger partial charge in [-0.25, -0.2) is 0 Å². The van der Waals surface area contributed by atoms with Crippen molar-refractivity contribution in [3.8, 4) is 0 Å². The monoisotopic (exact) mass is 467 g/mol. The number of fused-ring (bicyclic) bond motifs is 1. The van der Waals surface area contributed by atoms with E-state index >= 15 is 0 Å². The van der Waals surface area contributed by atoms with E-state index in [2.05, 4.69) is 10.6 Å². The fourth-order valence-electron chi connectivity index (χ4n) is 3.52. The van der Waals surface area contributed by atoms with Crippen LogP contribution in [0.2, 0.25) is 10.0 Å². The second-order valence-corrected chi connectivity index (χ2v) is 8.26. The molecule has 0 bridgehead atoms. The van der Waals surface area contributed by atoms with Crippen LogP contribution in [0.1, 0.15) is 22.3 Å². The lowest BCUT2D eigenvalue weighted by Gasteiger charge is -2.36. The highest BCUT2D eigenvalue weighted by molar-refractivity contribution is 6.42. The summed E-state index contributed by atoms with van der Waals surface area (Å²) < 4.78 is 0. The van der Waals surface area contributed by atoms with Gasteiger partial charge in [-0.3, -0.25) is 19.3 Å². The first kappa shape index (κ1) is 21.9. The first-order chi connectivity index (χ1) is 15.3. The largest absolute Gasteiger partial charge is 0.326 e. The molecule has 1 heterocycles. The van der Waals surface area contributed by atoms with Gasteiger partial charge in [-0.2, -0.15) is 0 Å². The molecule has 0 unspecified atom stereocenters. The summed E-state index contributed by atoms with van der Waals surface area (Å²) in [6, 6.07) is 17.7. The van der Waals surface area contributed by atoms with Gasteiger partial charge in [0.15, 0.2) is 0 Å². The molecule has 4 rings (SSSR count). The third-order valence-corrected chi connectivity index (χ3v) is 5.87. The van der Waals surface area contributed by atoms with Crippen LogP contribution in [-0.4, -0.2) is 23.8 Å². The molecule has 0 saturated heterocycles. The molecular formula is C24H19Cl2N3O3. The van der Waals surface area contributed by atoms with Gasteiger partial charge in [0.25, 0.3) is 5.91 Å². The van der Waals surface area contributed by atoms with Crippen LogP contribution in [0, 0.1) is 6.92 Å². The van der Waals surface area contributed by atoms with Gasteiger partial charge in [0.05, 0.1) is 27.8 Å². The van der Waals surface area contributed by atoms with Crippen LogP contribution in [0.3, 0.4) is 0 Å². The Bertz CT molecular complexity index is 1210. The Balaban J connectivity index is 1.64. The van der Waals surface area contributed by atoms with Crippen LogP contribution in [0.4, 0.5) is 17.1 Å². The highest BCUT2D eigenvalue weighted by atomic mass is 35.5. The van der Waals surface area contributed by atoms with Crippen molar-refractivity contribution in [3.63, 3.8) is 0 Å². The maximum atomic E-state index is 13.4. The first-order valence-electron chi connectivity index (χ1n) is 9.88. The third kappa shape index (κ3) is 4.47. The number of carbonyl (C=O) groups excluding carboxylic acids is 3. The molecule has 6 nitrogen and oxygen atoms in total. The maximum absolute atomic E-state index is 13.4. The fraction of sp³-hybridized carbons (Fsp3) is 0.125. The number of benzene rings is 3. The zero-order chi connectivity index (χ0) is 22.8. The molecular weight excluding hydrogens is 449 g/mol. The highest BCUT2D eigenvalue weighted by Gasteiger charge is 2.38. The summed E-state index contributed by atoms with van der Waals surface area (Å²) >= 11 is 11.9. The van der Waals surface area contributed by atoms with E-state index in [1.54, 1.807) is 48.5 Å². The fourth-order valence-corrected chi connectivity index (χ4v) is 3.82. The number of carbonyl (C=O) groups is 3. The minimum atomic E-state index is -1.03. The molecule has 0 radical (unpaired) electrons. The molecule has 0 spiro atoms. The van der Waals surface area contributed by atoms with Crippen molar-refractivity contribution in [2.45, 2.75) is 19.4 Å². The van der Waals surface area contributed by atoms with E-state index in [1.165, 1.54) is 11.0 Å². The van der Waals surface area contributed by atoms with Gasteiger partial charge in [0.1, 0.15) is 6.04 Å². The van der Waals surface area contributed by atoms with E-state index in [9.17, 15) is 14.4 Å². The molecule has 32 heavy (non-hydrogen) atoms. The van der Waals surface area contributed by atoms with Gasteiger partial charge in [-0.05, 0) is 49.4 Å². The van der Waals surface area contributed by atoms with E-state index in [4.69, 9.17) is 23.2 Å². The smallest absolute Gasteiger partial charge is 0.259 e. The lowest BCUT2D eigenvalue weighted by molar-refractivity contribution is -0.122. The summed E-state index contributed by atoms with van der Waals surface area (Å²) in [6.45, 7) is 1.92. The number of halogens is 2. The van der Waals surface area contributed by atoms with Crippen LogP contribution in [-0.2, 0) is 9.59 Å². The topological polar surface area (TPSA) is 78.5 Å². The molecule has 8 heteroatoms. The zero-order valence-electron chi connectivity index (χ0n) is 17.1. The van der Waals surface area contributed by atoms with Crippen LogP contribution < -0.4 is 15.5 Å². The number of anilines is 3. The van der Waals surface area contributed by atoms with Crippen molar-refractivity contribution in [2.75, 3.05) is 15.5 Å². The maximum Gasteiger partial charge on any atom is 0.259 e. The Hall–Kier alpha value is -3.35. The molecule has 1 aliphatic heterocycles. The normalized spacial score (nSPS) is 15.0. The van der Waals surface area contributed by atoms with Crippen molar-refractivity contribution in [1.82, 2.24) is 0 Å². The average Bonchev–Trinajstić information content (AvgIpc) is 2.77. The van der Waals surface area contributed by atoms with Crippen molar-refractivity contribution in [2.24, 2.45) is 0 Å². The van der Waals surface area contributed by atoms with Crippen molar-refractivity contribution >= 4 is 58.0 Å². The number of amides is 3. The van der Waals surface area contributed by atoms with Crippen LogP contribution >= 0.6 is 23.2 Å². The molecule has 0 saturated carbocycles. The summed E-state index contributed by atoms with van der Waals surface area (Å²) in [7, 11) is 0. The van der Waals surface area contributed by atoms with Gasteiger partial charge in [-0.1, -0.05) is 53.0 Å². The molecule has 1 atom stereocenters. The Morgan fingerprint density at radius 2 is 1.72 bits per heavy atom. The van der Waals surface area contributed by atoms with E-state index in [1.807, 2.05) is 19.1 Å². The van der Waals surface area contributed by atoms with Crippen molar-refractivity contribution < 1.29 is 14.4 Å². The van der Waals surface area contributed by atoms with Gasteiger partial charge in [0, 0.05) is 11.3 Å². The number of nitrogens with one attached hydrogen (secondary N) is 2. The number of nitrogens with zero attached hydrogens (tertiary/aromatic N) is 1. The molecule has 0 aliphatic carbocycles. The Morgan fingerprint density at radius 1 is 1.00 bits per heavy atom. The van der Waals surface area contributed by atoms with Crippen LogP contribution in [0.25, 0.3) is 0 Å². The number of aryl methyl sites for hydroxylation is 1. The zero-order valence-corrected chi connectivity index (χ0v) is 18.6. The average molecular weight is 468 g/mol. The molecule has 3 aromatic rings. The second kappa shape index (κ2) is 9.02. The Labute approximate surface area is 195 Å². The minimum absolute atomic E-state index is 0.238. The van der Waals surface area contributed by atoms with Crippen molar-refractivity contribution in [3.05, 3.63) is 87.9 Å². The minimum Gasteiger partial charge on any atom is -0.326 e. The molecule has 0 fully saturated rings. The standard InChI is InChI=1S/C24H19Cl2N3O3/c1-14-6-8-15(9-7-14)24(32)29-20-5-3-2-4-19(20)28-23(31)21(29)13-22(30)27-16-10-11-17(25)18(26)12-16/h2-12,21H,13H2,1H3,(H,27,30)(H,28,31)/t21-/m0/s1. The van der Waals surface area contributed by atoms with E-state index in [-0.39, 0.29) is 12.3 Å². The van der Waals surface area contributed by atoms with Gasteiger partial charge >= 0.3 is 0 Å². The van der Waals surface area contributed by atoms with E-state index in [0.717, 1.165) is 5.56 Å². The predicted octanol–water partition coefficient (Wildman–Crippen LogP) is 5.30. The highest BCUT2D eigenvalue weighted by Crippen LogP contribution is 2.34. The van der Waals surface area contributed by atoms with Gasteiger partial charge < -0.3 is 10.6 Å².